The fourth-order valence-electron chi connectivity index (χ4n) is 1.75. The molecule has 0 aliphatic carbocycles. The molecule has 4 heteroatoms. The number of carboxylic acid groups (broad SMARTS) is 1. The lowest BCUT2D eigenvalue weighted by molar-refractivity contribution is -0.139. The average molecular weight is 192 g/mol. The van der Waals surface area contributed by atoms with Crippen molar-refractivity contribution in [3.05, 3.63) is 29.3 Å². The Morgan fingerprint density at radius 3 is 3.07 bits per heavy atom. The third-order valence-electron chi connectivity index (χ3n) is 2.55. The molecule has 1 heterocycles. The third kappa shape index (κ3) is 1.44. The van der Waals surface area contributed by atoms with E-state index in [1.165, 1.54) is 0 Å². The van der Waals surface area contributed by atoms with Gasteiger partial charge in [0.1, 0.15) is 6.04 Å². The van der Waals surface area contributed by atoms with Gasteiger partial charge in [0.2, 0.25) is 0 Å². The number of carbonyl (C=O) groups is 1. The monoisotopic (exact) mass is 192 g/mol. The molecule has 0 saturated carbocycles. The molecule has 74 valence electrons. The number of anilines is 1. The van der Waals surface area contributed by atoms with Crippen LogP contribution in [0.3, 0.4) is 0 Å². The lowest BCUT2D eigenvalue weighted by atomic mass is 9.94. The molecule has 0 unspecified atom stereocenters. The van der Waals surface area contributed by atoms with Crippen LogP contribution >= 0.6 is 0 Å². The predicted octanol–water partition coefficient (Wildman–Crippen LogP) is 0.368. The van der Waals surface area contributed by atoms with Crippen LogP contribution in [0.25, 0.3) is 0 Å². The minimum absolute atomic E-state index is 0.470. The summed E-state index contributed by atoms with van der Waals surface area (Å²) in [7, 11) is 0. The molecule has 0 aromatic heterocycles. The molecular formula is C10H12N2O2. The van der Waals surface area contributed by atoms with Crippen LogP contribution in [0.1, 0.15) is 11.1 Å². The number of nitrogens with two attached hydrogens (primary N) is 1. The van der Waals surface area contributed by atoms with Crippen molar-refractivity contribution in [2.24, 2.45) is 0 Å². The number of nitrogen functional groups attached to an aromatic ring is 1. The van der Waals surface area contributed by atoms with E-state index in [9.17, 15) is 4.79 Å². The summed E-state index contributed by atoms with van der Waals surface area (Å²) in [5, 5.41) is 11.8. The van der Waals surface area contributed by atoms with Gasteiger partial charge in [0, 0.05) is 18.7 Å². The first-order valence-corrected chi connectivity index (χ1v) is 4.51. The van der Waals surface area contributed by atoms with Crippen LogP contribution in [0.2, 0.25) is 0 Å². The fourth-order valence-corrected chi connectivity index (χ4v) is 1.75. The number of hydrogen-bond donors (Lipinski definition) is 3. The molecule has 0 radical (unpaired) electrons. The van der Waals surface area contributed by atoms with Crippen molar-refractivity contribution >= 4 is 11.7 Å². The highest BCUT2D eigenvalue weighted by Gasteiger charge is 2.24. The van der Waals surface area contributed by atoms with Gasteiger partial charge >= 0.3 is 5.97 Å². The van der Waals surface area contributed by atoms with Gasteiger partial charge in [-0.3, -0.25) is 4.79 Å². The molecule has 1 aromatic rings. The molecular weight excluding hydrogens is 180 g/mol. The van der Waals surface area contributed by atoms with E-state index in [1.807, 2.05) is 18.2 Å². The van der Waals surface area contributed by atoms with Crippen LogP contribution in [0.4, 0.5) is 5.69 Å². The topological polar surface area (TPSA) is 75.4 Å². The van der Waals surface area contributed by atoms with Crippen LogP contribution in [0, 0.1) is 0 Å². The highest BCUT2D eigenvalue weighted by atomic mass is 16.4. The Balaban J connectivity index is 2.33. The van der Waals surface area contributed by atoms with Gasteiger partial charge in [-0.05, 0) is 17.2 Å². The van der Waals surface area contributed by atoms with E-state index in [1.54, 1.807) is 0 Å². The Bertz CT molecular complexity index is 376. The zero-order valence-corrected chi connectivity index (χ0v) is 7.66. The van der Waals surface area contributed by atoms with Gasteiger partial charge in [0.05, 0.1) is 0 Å². The van der Waals surface area contributed by atoms with E-state index in [0.717, 1.165) is 11.1 Å². The van der Waals surface area contributed by atoms with Gasteiger partial charge in [-0.1, -0.05) is 12.1 Å². The molecule has 1 aliphatic heterocycles. The van der Waals surface area contributed by atoms with Crippen LogP contribution in [0.15, 0.2) is 18.2 Å². The number of fused-ring (bicyclic) bond motifs is 1. The Labute approximate surface area is 81.7 Å². The summed E-state index contributed by atoms with van der Waals surface area (Å²) in [6.45, 7) is 0.581. The minimum atomic E-state index is -0.820. The number of benzene rings is 1. The van der Waals surface area contributed by atoms with Crippen molar-refractivity contribution in [2.45, 2.75) is 19.0 Å². The van der Waals surface area contributed by atoms with Gasteiger partial charge in [0.15, 0.2) is 0 Å². The van der Waals surface area contributed by atoms with Crippen molar-refractivity contribution < 1.29 is 9.90 Å². The van der Waals surface area contributed by atoms with Crippen LogP contribution in [-0.4, -0.2) is 17.1 Å². The van der Waals surface area contributed by atoms with Gasteiger partial charge in [-0.15, -0.1) is 0 Å². The van der Waals surface area contributed by atoms with Crippen molar-refractivity contribution in [3.63, 3.8) is 0 Å². The lowest BCUT2D eigenvalue weighted by Gasteiger charge is -2.24. The zero-order chi connectivity index (χ0) is 10.1. The number of carboxylic acids is 1. The largest absolute Gasteiger partial charge is 0.480 e. The number of hydrogen-bond acceptors (Lipinski definition) is 3. The third-order valence-corrected chi connectivity index (χ3v) is 2.55. The number of rotatable bonds is 1. The highest BCUT2D eigenvalue weighted by molar-refractivity contribution is 5.75. The second-order valence-electron chi connectivity index (χ2n) is 3.46. The summed E-state index contributed by atoms with van der Waals surface area (Å²) in [5.41, 5.74) is 8.54. The highest BCUT2D eigenvalue weighted by Crippen LogP contribution is 2.22. The number of nitrogens with one attached hydrogen (secondary N) is 1. The van der Waals surface area contributed by atoms with Crippen molar-refractivity contribution in [2.75, 3.05) is 5.73 Å². The summed E-state index contributed by atoms with van der Waals surface area (Å²) in [6, 6.07) is 5.16. The molecule has 1 aliphatic rings. The molecule has 1 aromatic carbocycles. The van der Waals surface area contributed by atoms with E-state index >= 15 is 0 Å². The van der Waals surface area contributed by atoms with E-state index in [-0.39, 0.29) is 0 Å². The normalized spacial score (nSPS) is 20.1. The van der Waals surface area contributed by atoms with Gasteiger partial charge in [-0.2, -0.15) is 0 Å². The first-order chi connectivity index (χ1) is 6.68. The predicted molar refractivity (Wildman–Crippen MR) is 52.8 cm³/mol. The standard InChI is InChI=1S/C10H12N2O2/c11-8-3-1-2-6-5-12-9(10(13)14)4-7(6)8/h1-3,9,12H,4-5,11H2,(H,13,14)/t9-/m0/s1. The van der Waals surface area contributed by atoms with Gasteiger partial charge in [0.25, 0.3) is 0 Å². The SMILES string of the molecule is Nc1cccc2c1C[C@@H](C(=O)O)NC2. The summed E-state index contributed by atoms with van der Waals surface area (Å²) in [4.78, 5) is 10.8. The second kappa shape index (κ2) is 3.31. The summed E-state index contributed by atoms with van der Waals surface area (Å²) < 4.78 is 0. The van der Waals surface area contributed by atoms with Crippen LogP contribution < -0.4 is 11.1 Å². The smallest absolute Gasteiger partial charge is 0.321 e. The quantitative estimate of drug-likeness (QED) is 0.562. The Hall–Kier alpha value is -1.55. The fraction of sp³-hybridized carbons (Fsp3) is 0.300. The Kier molecular flexibility index (Phi) is 2.13. The molecule has 2 rings (SSSR count). The van der Waals surface area contributed by atoms with Crippen molar-refractivity contribution in [3.8, 4) is 0 Å². The Morgan fingerprint density at radius 1 is 1.57 bits per heavy atom. The molecule has 0 amide bonds. The van der Waals surface area contributed by atoms with E-state index in [0.29, 0.717) is 18.7 Å². The maximum atomic E-state index is 10.8. The molecule has 4 N–H and O–H groups in total. The average Bonchev–Trinajstić information content (AvgIpc) is 2.18. The Morgan fingerprint density at radius 2 is 2.36 bits per heavy atom. The molecule has 0 fully saturated rings. The zero-order valence-electron chi connectivity index (χ0n) is 7.66. The van der Waals surface area contributed by atoms with Gasteiger partial charge in [-0.25, -0.2) is 0 Å². The molecule has 0 bridgehead atoms. The molecule has 4 nitrogen and oxygen atoms in total. The number of aliphatic carboxylic acids is 1. The molecule has 0 spiro atoms. The van der Waals surface area contributed by atoms with Crippen molar-refractivity contribution in [1.29, 1.82) is 0 Å². The van der Waals surface area contributed by atoms with E-state index in [4.69, 9.17) is 10.8 Å². The van der Waals surface area contributed by atoms with Crippen LogP contribution in [0.5, 0.6) is 0 Å². The first kappa shape index (κ1) is 9.02. The van der Waals surface area contributed by atoms with E-state index in [2.05, 4.69) is 5.32 Å². The van der Waals surface area contributed by atoms with Gasteiger partial charge < -0.3 is 16.2 Å². The van der Waals surface area contributed by atoms with Crippen molar-refractivity contribution in [1.82, 2.24) is 5.32 Å². The maximum absolute atomic E-state index is 10.8. The van der Waals surface area contributed by atoms with Crippen LogP contribution in [-0.2, 0) is 17.8 Å². The second-order valence-corrected chi connectivity index (χ2v) is 3.46. The molecule has 1 atom stereocenters. The summed E-state index contributed by atoms with van der Waals surface area (Å²) in [6.07, 6.45) is 0.470. The molecule has 14 heavy (non-hydrogen) atoms. The summed E-state index contributed by atoms with van der Waals surface area (Å²) in [5.74, 6) is -0.820. The molecule has 0 saturated heterocycles. The first-order valence-electron chi connectivity index (χ1n) is 4.51. The maximum Gasteiger partial charge on any atom is 0.321 e. The minimum Gasteiger partial charge on any atom is -0.480 e. The van der Waals surface area contributed by atoms with E-state index < -0.39 is 12.0 Å². The lowest BCUT2D eigenvalue weighted by Crippen LogP contribution is -2.41. The summed E-state index contributed by atoms with van der Waals surface area (Å²) >= 11 is 0.